The number of unbranched alkanes of at least 4 members (excludes halogenated alkanes) is 1. The number of hydrogen-bond donors (Lipinski definition) is 0. The van der Waals surface area contributed by atoms with Crippen molar-refractivity contribution in [2.45, 2.75) is 46.0 Å². The molecule has 1 rings (SSSR count). The second-order valence-electron chi connectivity index (χ2n) is 4.33. The maximum Gasteiger partial charge on any atom is -0.0236 e. The van der Waals surface area contributed by atoms with Crippen LogP contribution < -0.4 is 0 Å². The molecule has 1 aliphatic rings. The Morgan fingerprint density at radius 1 is 1.50 bits per heavy atom. The molecule has 1 fully saturated rings. The Hall–Kier alpha value is -0.260. The summed E-state index contributed by atoms with van der Waals surface area (Å²) in [5.74, 6) is 2.77. The van der Waals surface area contributed by atoms with E-state index in [2.05, 4.69) is 26.5 Å². The van der Waals surface area contributed by atoms with E-state index >= 15 is 0 Å². The lowest BCUT2D eigenvalue weighted by molar-refractivity contribution is 0.143. The molecule has 0 aromatic heterocycles. The summed E-state index contributed by atoms with van der Waals surface area (Å²) in [5, 5.41) is 0. The Morgan fingerprint density at radius 3 is 2.67 bits per heavy atom. The van der Waals surface area contributed by atoms with Gasteiger partial charge in [0.25, 0.3) is 0 Å². The van der Waals surface area contributed by atoms with Crippen molar-refractivity contribution in [2.75, 3.05) is 0 Å². The second kappa shape index (κ2) is 4.69. The van der Waals surface area contributed by atoms with E-state index in [1.165, 1.54) is 32.1 Å². The lowest BCUT2D eigenvalue weighted by Crippen LogP contribution is -2.27. The van der Waals surface area contributed by atoms with Crippen LogP contribution in [-0.4, -0.2) is 0 Å². The monoisotopic (exact) mass is 166 g/mol. The van der Waals surface area contributed by atoms with Gasteiger partial charge in [-0.3, -0.25) is 0 Å². The topological polar surface area (TPSA) is 0 Å². The summed E-state index contributed by atoms with van der Waals surface area (Å²) in [5.41, 5.74) is 0. The molecule has 0 saturated heterocycles. The van der Waals surface area contributed by atoms with Gasteiger partial charge in [0.1, 0.15) is 0 Å². The predicted molar refractivity (Wildman–Crippen MR) is 55.1 cm³/mol. The first kappa shape index (κ1) is 9.83. The predicted octanol–water partition coefficient (Wildman–Crippen LogP) is 4.02. The lowest BCUT2D eigenvalue weighted by Gasteiger charge is -2.38. The highest BCUT2D eigenvalue weighted by atomic mass is 14.4. The lowest BCUT2D eigenvalue weighted by atomic mass is 9.67. The van der Waals surface area contributed by atoms with Crippen molar-refractivity contribution in [1.82, 2.24) is 0 Å². The first-order valence-corrected chi connectivity index (χ1v) is 5.40. The van der Waals surface area contributed by atoms with Crippen molar-refractivity contribution in [3.63, 3.8) is 0 Å². The third-order valence-electron chi connectivity index (χ3n) is 3.35. The van der Waals surface area contributed by atoms with Crippen LogP contribution in [-0.2, 0) is 0 Å². The van der Waals surface area contributed by atoms with Crippen LogP contribution in [0.25, 0.3) is 0 Å². The fourth-order valence-corrected chi connectivity index (χ4v) is 2.14. The molecule has 0 radical (unpaired) electrons. The minimum Gasteiger partial charge on any atom is -0.103 e. The van der Waals surface area contributed by atoms with Crippen LogP contribution in [0.3, 0.4) is 0 Å². The third kappa shape index (κ3) is 2.36. The van der Waals surface area contributed by atoms with E-state index in [0.717, 1.165) is 17.8 Å². The van der Waals surface area contributed by atoms with Gasteiger partial charge in [-0.25, -0.2) is 0 Å². The maximum absolute atomic E-state index is 3.85. The van der Waals surface area contributed by atoms with Crippen molar-refractivity contribution < 1.29 is 0 Å². The van der Waals surface area contributed by atoms with Gasteiger partial charge in [0, 0.05) is 0 Å². The first-order valence-electron chi connectivity index (χ1n) is 5.40. The van der Waals surface area contributed by atoms with Gasteiger partial charge in [-0.2, -0.15) is 0 Å². The molecule has 1 unspecified atom stereocenters. The van der Waals surface area contributed by atoms with E-state index in [4.69, 9.17) is 0 Å². The molecule has 0 aromatic carbocycles. The summed E-state index contributed by atoms with van der Waals surface area (Å²) in [4.78, 5) is 0. The molecule has 1 saturated carbocycles. The highest BCUT2D eigenvalue weighted by Crippen LogP contribution is 2.41. The summed E-state index contributed by atoms with van der Waals surface area (Å²) in [6.07, 6.45) is 9.30. The van der Waals surface area contributed by atoms with Gasteiger partial charge in [-0.1, -0.05) is 39.2 Å². The number of hydrogen-bond acceptors (Lipinski definition) is 0. The molecule has 0 spiro atoms. The van der Waals surface area contributed by atoms with Crippen LogP contribution >= 0.6 is 0 Å². The SMILES string of the molecule is C=CC(C)C1CC(CCCC)C1. The van der Waals surface area contributed by atoms with Crippen molar-refractivity contribution in [3.05, 3.63) is 12.7 Å². The van der Waals surface area contributed by atoms with Crippen molar-refractivity contribution in [1.29, 1.82) is 0 Å². The van der Waals surface area contributed by atoms with Crippen molar-refractivity contribution in [2.24, 2.45) is 17.8 Å². The molecule has 70 valence electrons. The maximum atomic E-state index is 3.85. The van der Waals surface area contributed by atoms with Gasteiger partial charge in [-0.15, -0.1) is 6.58 Å². The van der Waals surface area contributed by atoms with E-state index < -0.39 is 0 Å². The molecule has 1 atom stereocenters. The normalized spacial score (nSPS) is 30.8. The Labute approximate surface area is 77.1 Å². The molecular weight excluding hydrogens is 144 g/mol. The second-order valence-corrected chi connectivity index (χ2v) is 4.33. The third-order valence-corrected chi connectivity index (χ3v) is 3.35. The van der Waals surface area contributed by atoms with Gasteiger partial charge in [0.15, 0.2) is 0 Å². The van der Waals surface area contributed by atoms with E-state index in [-0.39, 0.29) is 0 Å². The van der Waals surface area contributed by atoms with Gasteiger partial charge in [0.05, 0.1) is 0 Å². The van der Waals surface area contributed by atoms with Gasteiger partial charge < -0.3 is 0 Å². The number of rotatable bonds is 5. The summed E-state index contributed by atoms with van der Waals surface area (Å²) in [7, 11) is 0. The minimum atomic E-state index is 0.753. The highest BCUT2D eigenvalue weighted by molar-refractivity contribution is 4.89. The smallest absolute Gasteiger partial charge is 0.0236 e. The molecule has 0 nitrogen and oxygen atoms in total. The van der Waals surface area contributed by atoms with Crippen LogP contribution in [0.2, 0.25) is 0 Å². The molecule has 0 amide bonds. The summed E-state index contributed by atoms with van der Waals surface area (Å²) >= 11 is 0. The van der Waals surface area contributed by atoms with Crippen LogP contribution in [0.4, 0.5) is 0 Å². The fraction of sp³-hybridized carbons (Fsp3) is 0.833. The molecule has 1 aliphatic carbocycles. The zero-order valence-corrected chi connectivity index (χ0v) is 8.55. The van der Waals surface area contributed by atoms with E-state index in [0.29, 0.717) is 0 Å². The molecular formula is C12H22. The van der Waals surface area contributed by atoms with Crippen molar-refractivity contribution in [3.8, 4) is 0 Å². The average molecular weight is 166 g/mol. The highest BCUT2D eigenvalue weighted by Gasteiger charge is 2.30. The molecule has 12 heavy (non-hydrogen) atoms. The van der Waals surface area contributed by atoms with Gasteiger partial charge in [-0.05, 0) is 30.6 Å². The quantitative estimate of drug-likeness (QED) is 0.541. The standard InChI is InChI=1S/C12H22/c1-4-6-7-11-8-12(9-11)10(3)5-2/h5,10-12H,2,4,6-9H2,1,3H3. The molecule has 0 heteroatoms. The largest absolute Gasteiger partial charge is 0.103 e. The van der Waals surface area contributed by atoms with Crippen LogP contribution in [0.5, 0.6) is 0 Å². The van der Waals surface area contributed by atoms with Crippen LogP contribution in [0, 0.1) is 17.8 Å². The Kier molecular flexibility index (Phi) is 3.84. The molecule has 0 aromatic rings. The summed E-state index contributed by atoms with van der Waals surface area (Å²) in [6, 6.07) is 0. The van der Waals surface area contributed by atoms with Gasteiger partial charge in [0.2, 0.25) is 0 Å². The van der Waals surface area contributed by atoms with Crippen LogP contribution in [0.15, 0.2) is 12.7 Å². The van der Waals surface area contributed by atoms with Gasteiger partial charge >= 0.3 is 0 Å². The zero-order chi connectivity index (χ0) is 8.97. The number of allylic oxidation sites excluding steroid dienone is 1. The molecule has 0 heterocycles. The Morgan fingerprint density at radius 2 is 2.17 bits per heavy atom. The molecule has 0 bridgehead atoms. The van der Waals surface area contributed by atoms with Crippen molar-refractivity contribution >= 4 is 0 Å². The minimum absolute atomic E-state index is 0.753. The Bertz CT molecular complexity index is 131. The summed E-state index contributed by atoms with van der Waals surface area (Å²) < 4.78 is 0. The summed E-state index contributed by atoms with van der Waals surface area (Å²) in [6.45, 7) is 8.43. The average Bonchev–Trinajstić information content (AvgIpc) is 2.01. The Balaban J connectivity index is 2.07. The van der Waals surface area contributed by atoms with E-state index in [1.807, 2.05) is 0 Å². The fourth-order valence-electron chi connectivity index (χ4n) is 2.14. The molecule has 0 N–H and O–H groups in total. The zero-order valence-electron chi connectivity index (χ0n) is 8.55. The van der Waals surface area contributed by atoms with E-state index in [9.17, 15) is 0 Å². The first-order chi connectivity index (χ1) is 5.77. The van der Waals surface area contributed by atoms with Crippen LogP contribution in [0.1, 0.15) is 46.0 Å². The molecule has 0 aliphatic heterocycles. The van der Waals surface area contributed by atoms with E-state index in [1.54, 1.807) is 0 Å².